The van der Waals surface area contributed by atoms with Crippen molar-refractivity contribution in [2.45, 2.75) is 18.8 Å². The van der Waals surface area contributed by atoms with Crippen molar-refractivity contribution >= 4 is 22.4 Å². The van der Waals surface area contributed by atoms with Gasteiger partial charge in [0.15, 0.2) is 17.1 Å². The molecule has 0 amide bonds. The smallest absolute Gasteiger partial charge is 0.205 e. The number of hydrogen-bond acceptors (Lipinski definition) is 8. The van der Waals surface area contributed by atoms with E-state index in [9.17, 15) is 0 Å². The van der Waals surface area contributed by atoms with Crippen LogP contribution in [0.25, 0.3) is 16.6 Å². The van der Waals surface area contributed by atoms with E-state index in [1.54, 1.807) is 27.7 Å². The molecule has 0 radical (unpaired) electrons. The van der Waals surface area contributed by atoms with Crippen LogP contribution in [0.1, 0.15) is 24.6 Å². The molecule has 0 N–H and O–H groups in total. The zero-order valence-corrected chi connectivity index (χ0v) is 17.8. The third-order valence-electron chi connectivity index (χ3n) is 5.91. The van der Waals surface area contributed by atoms with Crippen LogP contribution in [-0.2, 0) is 0 Å². The van der Waals surface area contributed by atoms with E-state index in [4.69, 9.17) is 14.2 Å². The van der Waals surface area contributed by atoms with E-state index in [0.717, 1.165) is 48.6 Å². The Kier molecular flexibility index (Phi) is 4.93. The van der Waals surface area contributed by atoms with Crippen LogP contribution >= 0.6 is 0 Å². The Morgan fingerprint density at radius 2 is 1.74 bits per heavy atom. The average molecular weight is 420 g/mol. The Labute approximate surface area is 179 Å². The van der Waals surface area contributed by atoms with Gasteiger partial charge in [-0.15, -0.1) is 10.2 Å². The molecule has 0 unspecified atom stereocenters. The second kappa shape index (κ2) is 7.90. The summed E-state index contributed by atoms with van der Waals surface area (Å²) in [4.78, 5) is 11.4. The van der Waals surface area contributed by atoms with Gasteiger partial charge in [0.25, 0.3) is 0 Å². The van der Waals surface area contributed by atoms with Crippen molar-refractivity contribution < 1.29 is 14.2 Å². The zero-order chi connectivity index (χ0) is 21.4. The predicted molar refractivity (Wildman–Crippen MR) is 116 cm³/mol. The molecule has 0 aliphatic carbocycles. The first kappa shape index (κ1) is 19.3. The maximum Gasteiger partial charge on any atom is 0.205 e. The maximum atomic E-state index is 5.61. The number of methoxy groups -OCH3 is 3. The molecule has 0 atom stereocenters. The van der Waals surface area contributed by atoms with Crippen molar-refractivity contribution in [2.75, 3.05) is 39.3 Å². The lowest BCUT2D eigenvalue weighted by Gasteiger charge is -2.32. The molecule has 3 aromatic heterocycles. The van der Waals surface area contributed by atoms with E-state index >= 15 is 0 Å². The first-order chi connectivity index (χ1) is 15.2. The van der Waals surface area contributed by atoms with Crippen molar-refractivity contribution in [3.8, 4) is 17.2 Å². The molecule has 4 aromatic rings. The van der Waals surface area contributed by atoms with Gasteiger partial charge in [0.1, 0.15) is 23.5 Å². The quantitative estimate of drug-likeness (QED) is 0.487. The summed E-state index contributed by atoms with van der Waals surface area (Å²) in [5.74, 6) is 3.91. The van der Waals surface area contributed by atoms with Crippen LogP contribution in [0, 0.1) is 0 Å². The molecule has 1 aromatic carbocycles. The minimum absolute atomic E-state index is 0.353. The SMILES string of the molecule is COc1cc2c(N3CCC(c4nnc5ccccn45)CC3)ncnc2c(OC)c1OC. The van der Waals surface area contributed by atoms with E-state index in [-0.39, 0.29) is 0 Å². The lowest BCUT2D eigenvalue weighted by Crippen LogP contribution is -2.34. The van der Waals surface area contributed by atoms with E-state index in [2.05, 4.69) is 29.5 Å². The molecule has 4 heterocycles. The molecular formula is C22H24N6O3. The third kappa shape index (κ3) is 3.17. The summed E-state index contributed by atoms with van der Waals surface area (Å²) in [5.41, 5.74) is 1.59. The number of hydrogen-bond donors (Lipinski definition) is 0. The molecule has 0 spiro atoms. The number of nitrogens with zero attached hydrogens (tertiary/aromatic N) is 6. The second-order valence-electron chi connectivity index (χ2n) is 7.49. The number of anilines is 1. The molecule has 160 valence electrons. The monoisotopic (exact) mass is 420 g/mol. The number of benzene rings is 1. The molecule has 0 saturated carbocycles. The second-order valence-corrected chi connectivity index (χ2v) is 7.49. The lowest BCUT2D eigenvalue weighted by atomic mass is 9.95. The first-order valence-corrected chi connectivity index (χ1v) is 10.2. The van der Waals surface area contributed by atoms with Crippen LogP contribution in [-0.4, -0.2) is 59.0 Å². The topological polar surface area (TPSA) is 86.9 Å². The number of aromatic nitrogens is 5. The number of rotatable bonds is 5. The van der Waals surface area contributed by atoms with E-state index < -0.39 is 0 Å². The minimum atomic E-state index is 0.353. The van der Waals surface area contributed by atoms with Crippen LogP contribution in [0.4, 0.5) is 5.82 Å². The molecular weight excluding hydrogens is 396 g/mol. The Hall–Kier alpha value is -3.62. The summed E-state index contributed by atoms with van der Waals surface area (Å²) >= 11 is 0. The number of ether oxygens (including phenoxy) is 3. The van der Waals surface area contributed by atoms with Crippen LogP contribution in [0.5, 0.6) is 17.2 Å². The van der Waals surface area contributed by atoms with Gasteiger partial charge in [-0.1, -0.05) is 6.07 Å². The highest BCUT2D eigenvalue weighted by Crippen LogP contribution is 2.44. The Morgan fingerprint density at radius 3 is 2.48 bits per heavy atom. The number of fused-ring (bicyclic) bond motifs is 2. The highest BCUT2D eigenvalue weighted by Gasteiger charge is 2.27. The maximum absolute atomic E-state index is 5.61. The fraction of sp³-hybridized carbons (Fsp3) is 0.364. The molecule has 1 aliphatic rings. The van der Waals surface area contributed by atoms with Gasteiger partial charge in [-0.25, -0.2) is 9.97 Å². The Bertz CT molecular complexity index is 1230. The molecule has 1 aliphatic heterocycles. The van der Waals surface area contributed by atoms with Gasteiger partial charge in [-0.2, -0.15) is 0 Å². The van der Waals surface area contributed by atoms with Crippen molar-refractivity contribution in [3.05, 3.63) is 42.6 Å². The van der Waals surface area contributed by atoms with Gasteiger partial charge in [-0.05, 0) is 31.0 Å². The predicted octanol–water partition coefficient (Wildman–Crippen LogP) is 3.08. The number of pyridine rings is 1. The van der Waals surface area contributed by atoms with Crippen LogP contribution in [0.15, 0.2) is 36.8 Å². The number of piperidine rings is 1. The summed E-state index contributed by atoms with van der Waals surface area (Å²) in [7, 11) is 4.81. The highest BCUT2D eigenvalue weighted by molar-refractivity contribution is 5.97. The highest BCUT2D eigenvalue weighted by atomic mass is 16.5. The van der Waals surface area contributed by atoms with Gasteiger partial charge >= 0.3 is 0 Å². The normalized spacial score (nSPS) is 14.9. The van der Waals surface area contributed by atoms with Gasteiger partial charge < -0.3 is 19.1 Å². The fourth-order valence-electron chi connectivity index (χ4n) is 4.39. The molecule has 0 bridgehead atoms. The molecule has 31 heavy (non-hydrogen) atoms. The Balaban J connectivity index is 1.47. The van der Waals surface area contributed by atoms with Crippen molar-refractivity contribution in [2.24, 2.45) is 0 Å². The summed E-state index contributed by atoms with van der Waals surface area (Å²) < 4.78 is 18.7. The van der Waals surface area contributed by atoms with Gasteiger partial charge in [0, 0.05) is 25.2 Å². The van der Waals surface area contributed by atoms with Crippen LogP contribution in [0.2, 0.25) is 0 Å². The molecule has 1 saturated heterocycles. The average Bonchev–Trinajstić information content (AvgIpc) is 3.26. The molecule has 9 heteroatoms. The van der Waals surface area contributed by atoms with Gasteiger partial charge in [-0.3, -0.25) is 4.40 Å². The minimum Gasteiger partial charge on any atom is -0.493 e. The molecule has 1 fully saturated rings. The first-order valence-electron chi connectivity index (χ1n) is 10.2. The summed E-state index contributed by atoms with van der Waals surface area (Å²) in [6.07, 6.45) is 5.53. The van der Waals surface area contributed by atoms with Crippen molar-refractivity contribution in [3.63, 3.8) is 0 Å². The van der Waals surface area contributed by atoms with Crippen LogP contribution < -0.4 is 19.1 Å². The van der Waals surface area contributed by atoms with Crippen molar-refractivity contribution in [1.29, 1.82) is 0 Å². The molecule has 5 rings (SSSR count). The third-order valence-corrected chi connectivity index (χ3v) is 5.91. The molecule has 9 nitrogen and oxygen atoms in total. The van der Waals surface area contributed by atoms with E-state index in [1.165, 1.54) is 0 Å². The van der Waals surface area contributed by atoms with Gasteiger partial charge in [0.05, 0.1) is 26.7 Å². The summed E-state index contributed by atoms with van der Waals surface area (Å²) in [6.45, 7) is 1.71. The van der Waals surface area contributed by atoms with Crippen LogP contribution in [0.3, 0.4) is 0 Å². The van der Waals surface area contributed by atoms with Crippen molar-refractivity contribution in [1.82, 2.24) is 24.6 Å². The van der Waals surface area contributed by atoms with E-state index in [1.807, 2.05) is 30.5 Å². The standard InChI is InChI=1S/C22H24N6O3/c1-29-16-12-15-18(20(31-3)19(16)30-2)23-13-24-22(15)27-10-7-14(8-11-27)21-26-25-17-6-4-5-9-28(17)21/h4-6,9,12-14H,7-8,10-11H2,1-3H3. The summed E-state index contributed by atoms with van der Waals surface area (Å²) in [6, 6.07) is 7.89. The van der Waals surface area contributed by atoms with Gasteiger partial charge in [0.2, 0.25) is 5.75 Å². The Morgan fingerprint density at radius 1 is 0.935 bits per heavy atom. The largest absolute Gasteiger partial charge is 0.493 e. The summed E-state index contributed by atoms with van der Waals surface area (Å²) in [5, 5.41) is 9.64. The van der Waals surface area contributed by atoms with E-state index in [0.29, 0.717) is 28.7 Å². The fourth-order valence-corrected chi connectivity index (χ4v) is 4.39. The zero-order valence-electron chi connectivity index (χ0n) is 17.8. The lowest BCUT2D eigenvalue weighted by molar-refractivity contribution is 0.327.